The molecule has 3 aromatic rings. The summed E-state index contributed by atoms with van der Waals surface area (Å²) in [5.41, 5.74) is 3.86. The average molecular weight is 434 g/mol. The number of aryl methyl sites for hydroxylation is 1. The van der Waals surface area contributed by atoms with Crippen molar-refractivity contribution in [3.63, 3.8) is 0 Å². The van der Waals surface area contributed by atoms with Crippen LogP contribution in [0.4, 0.5) is 11.4 Å². The molecule has 160 valence electrons. The van der Waals surface area contributed by atoms with Gasteiger partial charge in [0, 0.05) is 34.7 Å². The molecule has 0 aromatic heterocycles. The van der Waals surface area contributed by atoms with Crippen LogP contribution in [0, 0.1) is 6.92 Å². The molecule has 0 amide bonds. The van der Waals surface area contributed by atoms with Gasteiger partial charge in [-0.1, -0.05) is 54.6 Å². The van der Waals surface area contributed by atoms with Gasteiger partial charge < -0.3 is 10.2 Å². The number of rotatable bonds is 4. The van der Waals surface area contributed by atoms with E-state index in [-0.39, 0.29) is 34.2 Å². The summed E-state index contributed by atoms with van der Waals surface area (Å²) in [5.74, 6) is -0.815. The van der Waals surface area contributed by atoms with Crippen LogP contribution >= 0.6 is 0 Å². The van der Waals surface area contributed by atoms with Gasteiger partial charge in [0.25, 0.3) is 0 Å². The maximum Gasteiger partial charge on any atom is 0.199 e. The third kappa shape index (κ3) is 3.38. The van der Waals surface area contributed by atoms with E-state index in [2.05, 4.69) is 9.98 Å². The number of fused-ring (bicyclic) bond motifs is 2. The van der Waals surface area contributed by atoms with Crippen LogP contribution in [0.2, 0.25) is 0 Å². The summed E-state index contributed by atoms with van der Waals surface area (Å²) in [6.07, 6.45) is 2.66. The second-order valence-electron chi connectivity index (χ2n) is 7.78. The zero-order valence-electron chi connectivity index (χ0n) is 17.6. The summed E-state index contributed by atoms with van der Waals surface area (Å²) in [4.78, 5) is 34.1. The van der Waals surface area contributed by atoms with Gasteiger partial charge in [0.1, 0.15) is 11.5 Å². The molecule has 2 aliphatic rings. The van der Waals surface area contributed by atoms with Crippen LogP contribution in [-0.4, -0.2) is 34.2 Å². The highest BCUT2D eigenvalue weighted by molar-refractivity contribution is 6.31. The van der Waals surface area contributed by atoms with Gasteiger partial charge in [-0.05, 0) is 24.6 Å². The molecule has 0 aliphatic heterocycles. The predicted molar refractivity (Wildman–Crippen MR) is 128 cm³/mol. The van der Waals surface area contributed by atoms with Crippen molar-refractivity contribution in [2.24, 2.45) is 9.98 Å². The molecule has 2 N–H and O–H groups in total. The van der Waals surface area contributed by atoms with Gasteiger partial charge in [0.15, 0.2) is 11.6 Å². The number of hydrogen-bond donors (Lipinski definition) is 2. The monoisotopic (exact) mass is 434 g/mol. The molecule has 6 heteroatoms. The molecule has 0 atom stereocenters. The van der Waals surface area contributed by atoms with Crippen LogP contribution in [0.15, 0.2) is 87.9 Å². The fraction of sp³-hybridized carbons (Fsp3) is 0.0370. The Balaban J connectivity index is 1.48. The summed E-state index contributed by atoms with van der Waals surface area (Å²) in [7, 11) is 0. The topological polar surface area (TPSA) is 99.3 Å². The van der Waals surface area contributed by atoms with E-state index in [0.29, 0.717) is 33.6 Å². The summed E-state index contributed by atoms with van der Waals surface area (Å²) in [6.45, 7) is 1.89. The summed E-state index contributed by atoms with van der Waals surface area (Å²) < 4.78 is 0. The second-order valence-corrected chi connectivity index (χ2v) is 7.78. The molecular formula is C27H18N2O4. The Morgan fingerprint density at radius 3 is 1.58 bits per heavy atom. The Morgan fingerprint density at radius 1 is 0.636 bits per heavy atom. The van der Waals surface area contributed by atoms with Crippen molar-refractivity contribution in [2.45, 2.75) is 6.92 Å². The number of benzene rings is 3. The van der Waals surface area contributed by atoms with E-state index in [1.165, 1.54) is 12.4 Å². The fourth-order valence-electron chi connectivity index (χ4n) is 3.92. The standard InChI is InChI=1S/C27H18N2O4/c1-15-10-11-22(28-13-20-24(30)16-6-2-3-7-17(16)25(20)31)23(12-15)29-14-21-26(32)18-8-4-5-9-19(18)27(21)33/h2-14,30,32H,1H3. The van der Waals surface area contributed by atoms with Gasteiger partial charge in [-0.15, -0.1) is 0 Å². The number of Topliss-reactive ketones (excluding diaryl/α,β-unsaturated/α-hetero) is 2. The first-order valence-electron chi connectivity index (χ1n) is 10.3. The molecule has 2 aliphatic carbocycles. The molecule has 0 bridgehead atoms. The highest BCUT2D eigenvalue weighted by atomic mass is 16.3. The molecule has 0 fully saturated rings. The lowest BCUT2D eigenvalue weighted by atomic mass is 10.1. The minimum absolute atomic E-state index is 0.105. The lowest BCUT2D eigenvalue weighted by Crippen LogP contribution is -2.00. The zero-order chi connectivity index (χ0) is 23.1. The van der Waals surface area contributed by atoms with Gasteiger partial charge in [-0.3, -0.25) is 19.6 Å². The van der Waals surface area contributed by atoms with Crippen LogP contribution < -0.4 is 0 Å². The molecular weight excluding hydrogens is 416 g/mol. The number of aliphatic hydroxyl groups is 2. The molecule has 0 heterocycles. The molecule has 0 radical (unpaired) electrons. The number of ketones is 2. The van der Waals surface area contributed by atoms with Crippen LogP contribution in [0.25, 0.3) is 11.5 Å². The molecule has 33 heavy (non-hydrogen) atoms. The van der Waals surface area contributed by atoms with Crippen LogP contribution in [0.3, 0.4) is 0 Å². The zero-order valence-corrected chi connectivity index (χ0v) is 17.6. The fourth-order valence-corrected chi connectivity index (χ4v) is 3.92. The van der Waals surface area contributed by atoms with Crippen molar-refractivity contribution >= 4 is 46.9 Å². The van der Waals surface area contributed by atoms with Gasteiger partial charge >= 0.3 is 0 Å². The minimum atomic E-state index is -0.298. The van der Waals surface area contributed by atoms with E-state index in [4.69, 9.17) is 0 Å². The Kier molecular flexibility index (Phi) is 4.83. The van der Waals surface area contributed by atoms with Crippen molar-refractivity contribution in [3.8, 4) is 0 Å². The lowest BCUT2D eigenvalue weighted by Gasteiger charge is -2.03. The summed E-state index contributed by atoms with van der Waals surface area (Å²) in [6, 6.07) is 19.0. The maximum atomic E-state index is 12.6. The number of hydrogen-bond acceptors (Lipinski definition) is 6. The quantitative estimate of drug-likeness (QED) is 0.512. The Morgan fingerprint density at radius 2 is 1.09 bits per heavy atom. The van der Waals surface area contributed by atoms with Gasteiger partial charge in [0.2, 0.25) is 0 Å². The summed E-state index contributed by atoms with van der Waals surface area (Å²) >= 11 is 0. The third-order valence-electron chi connectivity index (χ3n) is 5.65. The van der Waals surface area contributed by atoms with E-state index in [9.17, 15) is 19.8 Å². The molecule has 0 unspecified atom stereocenters. The van der Waals surface area contributed by atoms with Crippen molar-refractivity contribution < 1.29 is 19.8 Å². The van der Waals surface area contributed by atoms with Gasteiger partial charge in [-0.25, -0.2) is 0 Å². The smallest absolute Gasteiger partial charge is 0.199 e. The molecule has 5 rings (SSSR count). The van der Waals surface area contributed by atoms with Crippen molar-refractivity contribution in [2.75, 3.05) is 0 Å². The van der Waals surface area contributed by atoms with Crippen molar-refractivity contribution in [1.29, 1.82) is 0 Å². The largest absolute Gasteiger partial charge is 0.506 e. The first-order chi connectivity index (χ1) is 16.0. The van der Waals surface area contributed by atoms with Gasteiger partial charge in [0.05, 0.1) is 22.5 Å². The first-order valence-corrected chi connectivity index (χ1v) is 10.3. The number of carbonyl (C=O) groups excluding carboxylic acids is 2. The molecule has 0 saturated heterocycles. The van der Waals surface area contributed by atoms with Gasteiger partial charge in [-0.2, -0.15) is 0 Å². The molecule has 0 spiro atoms. The lowest BCUT2D eigenvalue weighted by molar-refractivity contribution is 0.103. The second kappa shape index (κ2) is 7.84. The molecule has 3 aromatic carbocycles. The minimum Gasteiger partial charge on any atom is -0.506 e. The maximum absolute atomic E-state index is 12.6. The number of carbonyl (C=O) groups is 2. The summed E-state index contributed by atoms with van der Waals surface area (Å²) in [5, 5.41) is 20.9. The van der Waals surface area contributed by atoms with E-state index in [0.717, 1.165) is 5.56 Å². The van der Waals surface area contributed by atoms with Crippen molar-refractivity contribution in [3.05, 3.63) is 106 Å². The molecule has 0 saturated carbocycles. The van der Waals surface area contributed by atoms with Crippen molar-refractivity contribution in [1.82, 2.24) is 0 Å². The van der Waals surface area contributed by atoms with Crippen LogP contribution in [0.5, 0.6) is 0 Å². The Hall–Kier alpha value is -4.58. The van der Waals surface area contributed by atoms with E-state index >= 15 is 0 Å². The first kappa shape index (κ1) is 20.3. The number of aliphatic imine (C=N–C) groups is 2. The molecule has 6 nitrogen and oxygen atoms in total. The van der Waals surface area contributed by atoms with E-state index in [1.807, 2.05) is 13.0 Å². The highest BCUT2D eigenvalue weighted by Crippen LogP contribution is 2.34. The van der Waals surface area contributed by atoms with Crippen LogP contribution in [0.1, 0.15) is 37.4 Å². The highest BCUT2D eigenvalue weighted by Gasteiger charge is 2.29. The normalized spacial score (nSPS) is 15.3. The van der Waals surface area contributed by atoms with Crippen LogP contribution in [-0.2, 0) is 0 Å². The average Bonchev–Trinajstić information content (AvgIpc) is 3.22. The predicted octanol–water partition coefficient (Wildman–Crippen LogP) is 5.73. The van der Waals surface area contributed by atoms with E-state index < -0.39 is 0 Å². The Bertz CT molecular complexity index is 1470. The Labute approximate surface area is 189 Å². The van der Waals surface area contributed by atoms with E-state index in [1.54, 1.807) is 60.7 Å². The third-order valence-corrected chi connectivity index (χ3v) is 5.65. The number of allylic oxidation sites excluding steroid dienone is 2. The number of nitrogens with zero attached hydrogens (tertiary/aromatic N) is 2. The SMILES string of the molecule is Cc1ccc(N=CC2=C(O)c3ccccc3C2=O)c(N=CC2=C(O)c3ccccc3C2=O)c1. The number of aliphatic hydroxyl groups excluding tert-OH is 2.